The van der Waals surface area contributed by atoms with Crippen LogP contribution in [0.3, 0.4) is 0 Å². The highest BCUT2D eigenvalue weighted by atomic mass is 19.3. The van der Waals surface area contributed by atoms with E-state index < -0.39 is 12.5 Å². The second-order valence-corrected chi connectivity index (χ2v) is 8.16. The van der Waals surface area contributed by atoms with Gasteiger partial charge in [-0.15, -0.1) is 0 Å². The number of ether oxygens (including phenoxy) is 2. The molecule has 1 heterocycles. The fraction of sp³-hybridized carbons (Fsp3) is 0.292. The van der Waals surface area contributed by atoms with Gasteiger partial charge in [0.05, 0.1) is 5.69 Å². The van der Waals surface area contributed by atoms with Gasteiger partial charge in [-0.3, -0.25) is 4.79 Å². The molecule has 0 saturated carbocycles. The summed E-state index contributed by atoms with van der Waals surface area (Å²) < 4.78 is 41.0. The third-order valence-electron chi connectivity index (χ3n) is 4.59. The lowest BCUT2D eigenvalue weighted by Crippen LogP contribution is -2.13. The number of carbonyl (C=O) groups excluding carboxylic acids is 1. The number of carbonyl (C=O) groups is 1. The van der Waals surface area contributed by atoms with Gasteiger partial charge in [0.2, 0.25) is 0 Å². The average molecular weight is 429 g/mol. The van der Waals surface area contributed by atoms with Crippen molar-refractivity contribution in [2.75, 3.05) is 5.32 Å². The second-order valence-electron chi connectivity index (χ2n) is 8.16. The van der Waals surface area contributed by atoms with E-state index in [1.807, 2.05) is 24.3 Å². The number of benzene rings is 2. The number of halogens is 2. The number of alkyl halides is 2. The molecule has 1 amide bonds. The molecule has 0 bridgehead atoms. The van der Waals surface area contributed by atoms with Gasteiger partial charge in [0.1, 0.15) is 23.9 Å². The van der Waals surface area contributed by atoms with Crippen molar-refractivity contribution in [1.82, 2.24) is 0 Å². The molecular weight excluding hydrogens is 404 g/mol. The van der Waals surface area contributed by atoms with Gasteiger partial charge >= 0.3 is 6.61 Å². The van der Waals surface area contributed by atoms with E-state index in [-0.39, 0.29) is 29.2 Å². The Balaban J connectivity index is 1.62. The maximum Gasteiger partial charge on any atom is 0.387 e. The predicted octanol–water partition coefficient (Wildman–Crippen LogP) is 6.32. The molecule has 0 spiro atoms. The van der Waals surface area contributed by atoms with Gasteiger partial charge in [-0.05, 0) is 59.9 Å². The van der Waals surface area contributed by atoms with Gasteiger partial charge in [0.15, 0.2) is 5.76 Å². The highest BCUT2D eigenvalue weighted by molar-refractivity contribution is 6.03. The van der Waals surface area contributed by atoms with Crippen molar-refractivity contribution < 1.29 is 27.5 Å². The first-order valence-corrected chi connectivity index (χ1v) is 9.81. The number of hydrogen-bond acceptors (Lipinski definition) is 4. The first-order valence-electron chi connectivity index (χ1n) is 9.81. The zero-order valence-corrected chi connectivity index (χ0v) is 17.9. The number of furan rings is 1. The molecule has 0 saturated heterocycles. The van der Waals surface area contributed by atoms with Crippen LogP contribution in [0.25, 0.3) is 0 Å². The standard InChI is InChI=1S/C24H25F2NO4/c1-15-5-11-19(21(13-15)31-23(25)26)27-22(28)20-12-10-18(30-20)14-29-17-8-6-16(7-9-17)24(2,3)4/h5-13,23H,14H2,1-4H3,(H,27,28). The lowest BCUT2D eigenvalue weighted by molar-refractivity contribution is -0.0494. The Kier molecular flexibility index (Phi) is 6.63. The van der Waals surface area contributed by atoms with E-state index in [1.165, 1.54) is 23.8 Å². The van der Waals surface area contributed by atoms with Crippen molar-refractivity contribution in [3.63, 3.8) is 0 Å². The monoisotopic (exact) mass is 429 g/mol. The first-order chi connectivity index (χ1) is 14.6. The first kappa shape index (κ1) is 22.3. The summed E-state index contributed by atoms with van der Waals surface area (Å²) in [5.41, 5.74) is 2.10. The molecule has 3 rings (SSSR count). The summed E-state index contributed by atoms with van der Waals surface area (Å²) in [6.07, 6.45) is 0. The van der Waals surface area contributed by atoms with Gasteiger partial charge in [-0.1, -0.05) is 39.0 Å². The van der Waals surface area contributed by atoms with E-state index in [4.69, 9.17) is 9.15 Å². The fourth-order valence-corrected chi connectivity index (χ4v) is 2.89. The molecule has 1 aromatic heterocycles. The van der Waals surface area contributed by atoms with Crippen molar-refractivity contribution in [1.29, 1.82) is 0 Å². The third-order valence-corrected chi connectivity index (χ3v) is 4.59. The van der Waals surface area contributed by atoms with Crippen LogP contribution >= 0.6 is 0 Å². The van der Waals surface area contributed by atoms with Crippen molar-refractivity contribution >= 4 is 11.6 Å². The topological polar surface area (TPSA) is 60.7 Å². The summed E-state index contributed by atoms with van der Waals surface area (Å²) in [6, 6.07) is 15.5. The Morgan fingerprint density at radius 1 is 1.06 bits per heavy atom. The summed E-state index contributed by atoms with van der Waals surface area (Å²) in [4.78, 5) is 12.5. The molecule has 1 N–H and O–H groups in total. The minimum atomic E-state index is -3.00. The van der Waals surface area contributed by atoms with Crippen LogP contribution in [-0.4, -0.2) is 12.5 Å². The van der Waals surface area contributed by atoms with Crippen LogP contribution < -0.4 is 14.8 Å². The van der Waals surface area contributed by atoms with Crippen LogP contribution in [-0.2, 0) is 12.0 Å². The van der Waals surface area contributed by atoms with Crippen LogP contribution in [0.5, 0.6) is 11.5 Å². The van der Waals surface area contributed by atoms with Crippen LogP contribution in [0, 0.1) is 6.92 Å². The number of anilines is 1. The van der Waals surface area contributed by atoms with Gasteiger partial charge in [-0.25, -0.2) is 0 Å². The molecule has 0 fully saturated rings. The molecule has 3 aromatic rings. The van der Waals surface area contributed by atoms with Crippen LogP contribution in [0.4, 0.5) is 14.5 Å². The van der Waals surface area contributed by atoms with Crippen molar-refractivity contribution in [2.24, 2.45) is 0 Å². The molecule has 164 valence electrons. The smallest absolute Gasteiger partial charge is 0.387 e. The highest BCUT2D eigenvalue weighted by Crippen LogP contribution is 2.28. The molecule has 5 nitrogen and oxygen atoms in total. The third kappa shape index (κ3) is 6.07. The van der Waals surface area contributed by atoms with Crippen LogP contribution in [0.2, 0.25) is 0 Å². The van der Waals surface area contributed by atoms with E-state index in [2.05, 4.69) is 30.8 Å². The maximum atomic E-state index is 12.6. The Morgan fingerprint density at radius 3 is 2.42 bits per heavy atom. The lowest BCUT2D eigenvalue weighted by Gasteiger charge is -2.19. The summed E-state index contributed by atoms with van der Waals surface area (Å²) in [5.74, 6) is 0.480. The molecule has 0 aliphatic rings. The Hall–Kier alpha value is -3.35. The lowest BCUT2D eigenvalue weighted by atomic mass is 9.87. The molecule has 0 atom stereocenters. The Labute approximate surface area is 180 Å². The molecule has 31 heavy (non-hydrogen) atoms. The quantitative estimate of drug-likeness (QED) is 0.478. The molecule has 0 aliphatic carbocycles. The molecule has 0 radical (unpaired) electrons. The minimum Gasteiger partial charge on any atom is -0.486 e. The summed E-state index contributed by atoms with van der Waals surface area (Å²) in [5, 5.41) is 2.54. The van der Waals surface area contributed by atoms with E-state index in [0.717, 1.165) is 5.56 Å². The fourth-order valence-electron chi connectivity index (χ4n) is 2.89. The Morgan fingerprint density at radius 2 is 1.77 bits per heavy atom. The van der Waals surface area contributed by atoms with Crippen LogP contribution in [0.15, 0.2) is 59.0 Å². The summed E-state index contributed by atoms with van der Waals surface area (Å²) in [7, 11) is 0. The summed E-state index contributed by atoms with van der Waals surface area (Å²) >= 11 is 0. The zero-order valence-electron chi connectivity index (χ0n) is 17.9. The minimum absolute atomic E-state index is 0.0326. The molecule has 0 unspecified atom stereocenters. The number of rotatable bonds is 7. The van der Waals surface area contributed by atoms with Gasteiger partial charge in [-0.2, -0.15) is 8.78 Å². The maximum absolute atomic E-state index is 12.6. The predicted molar refractivity (Wildman–Crippen MR) is 114 cm³/mol. The molecule has 2 aromatic carbocycles. The highest BCUT2D eigenvalue weighted by Gasteiger charge is 2.17. The van der Waals surface area contributed by atoms with E-state index in [9.17, 15) is 13.6 Å². The summed E-state index contributed by atoms with van der Waals surface area (Å²) in [6.45, 7) is 5.29. The van der Waals surface area contributed by atoms with Gasteiger partial charge in [0, 0.05) is 0 Å². The van der Waals surface area contributed by atoms with E-state index in [0.29, 0.717) is 11.5 Å². The largest absolute Gasteiger partial charge is 0.486 e. The Bertz CT molecular complexity index is 1040. The van der Waals surface area contributed by atoms with Crippen molar-refractivity contribution in [3.05, 3.63) is 77.2 Å². The molecule has 7 heteroatoms. The number of aryl methyl sites for hydroxylation is 1. The molecular formula is C24H25F2NO4. The second kappa shape index (κ2) is 9.20. The van der Waals surface area contributed by atoms with E-state index in [1.54, 1.807) is 19.1 Å². The average Bonchev–Trinajstić information content (AvgIpc) is 3.17. The van der Waals surface area contributed by atoms with E-state index >= 15 is 0 Å². The van der Waals surface area contributed by atoms with Gasteiger partial charge < -0.3 is 19.2 Å². The number of amides is 1. The molecule has 0 aliphatic heterocycles. The SMILES string of the molecule is Cc1ccc(NC(=O)c2ccc(COc3ccc(C(C)(C)C)cc3)o2)c(OC(F)F)c1. The number of nitrogens with one attached hydrogen (secondary N) is 1. The van der Waals surface area contributed by atoms with Crippen molar-refractivity contribution in [2.45, 2.75) is 46.3 Å². The number of hydrogen-bond donors (Lipinski definition) is 1. The van der Waals surface area contributed by atoms with Crippen molar-refractivity contribution in [3.8, 4) is 11.5 Å². The normalized spacial score (nSPS) is 11.5. The van der Waals surface area contributed by atoms with Gasteiger partial charge in [0.25, 0.3) is 5.91 Å². The van der Waals surface area contributed by atoms with Crippen LogP contribution in [0.1, 0.15) is 48.2 Å². The zero-order chi connectivity index (χ0) is 22.6.